The van der Waals surface area contributed by atoms with Crippen LogP contribution in [0.5, 0.6) is 5.75 Å². The van der Waals surface area contributed by atoms with Crippen molar-refractivity contribution in [1.29, 1.82) is 0 Å². The van der Waals surface area contributed by atoms with Crippen LogP contribution in [0.1, 0.15) is 48.8 Å². The van der Waals surface area contributed by atoms with E-state index < -0.39 is 5.60 Å². The van der Waals surface area contributed by atoms with Crippen molar-refractivity contribution >= 4 is 5.91 Å². The lowest BCUT2D eigenvalue weighted by Gasteiger charge is -2.24. The zero-order valence-electron chi connectivity index (χ0n) is 15.6. The zero-order chi connectivity index (χ0) is 18.6. The SMILES string of the molecule is COc1cccc(C(C)CC(=O)NCC(C)(O)c2cc(C)oc2C)c1. The van der Waals surface area contributed by atoms with Gasteiger partial charge in [0.05, 0.1) is 13.7 Å². The predicted octanol–water partition coefficient (Wildman–Crippen LogP) is 3.42. The maximum Gasteiger partial charge on any atom is 0.220 e. The van der Waals surface area contributed by atoms with E-state index in [2.05, 4.69) is 5.32 Å². The summed E-state index contributed by atoms with van der Waals surface area (Å²) < 4.78 is 10.7. The van der Waals surface area contributed by atoms with Gasteiger partial charge < -0.3 is 19.6 Å². The molecule has 0 radical (unpaired) electrons. The Bertz CT molecular complexity index is 733. The van der Waals surface area contributed by atoms with Gasteiger partial charge in [-0.15, -0.1) is 0 Å². The van der Waals surface area contributed by atoms with E-state index in [1.807, 2.05) is 45.0 Å². The maximum absolute atomic E-state index is 12.3. The van der Waals surface area contributed by atoms with Crippen LogP contribution in [0.3, 0.4) is 0 Å². The van der Waals surface area contributed by atoms with Crippen molar-refractivity contribution < 1.29 is 19.1 Å². The Labute approximate surface area is 149 Å². The summed E-state index contributed by atoms with van der Waals surface area (Å²) in [4.78, 5) is 12.3. The van der Waals surface area contributed by atoms with Gasteiger partial charge in [0.25, 0.3) is 0 Å². The average Bonchev–Trinajstić information content (AvgIpc) is 2.92. The van der Waals surface area contributed by atoms with E-state index in [1.54, 1.807) is 20.1 Å². The number of ether oxygens (including phenoxy) is 1. The van der Waals surface area contributed by atoms with Gasteiger partial charge in [0.15, 0.2) is 0 Å². The summed E-state index contributed by atoms with van der Waals surface area (Å²) in [5.41, 5.74) is 0.574. The average molecular weight is 345 g/mol. The van der Waals surface area contributed by atoms with Crippen LogP contribution in [0.4, 0.5) is 0 Å². The number of aliphatic hydroxyl groups is 1. The van der Waals surface area contributed by atoms with Crippen LogP contribution in [-0.2, 0) is 10.4 Å². The minimum Gasteiger partial charge on any atom is -0.497 e. The number of rotatable bonds is 7. The molecule has 0 bridgehead atoms. The highest BCUT2D eigenvalue weighted by Gasteiger charge is 2.28. The maximum atomic E-state index is 12.3. The van der Waals surface area contributed by atoms with Crippen molar-refractivity contribution in [3.63, 3.8) is 0 Å². The molecule has 0 fully saturated rings. The molecule has 1 amide bonds. The largest absolute Gasteiger partial charge is 0.497 e. The van der Waals surface area contributed by atoms with Gasteiger partial charge >= 0.3 is 0 Å². The quantitative estimate of drug-likeness (QED) is 0.806. The number of methoxy groups -OCH3 is 1. The highest BCUT2D eigenvalue weighted by molar-refractivity contribution is 5.77. The van der Waals surface area contributed by atoms with Crippen LogP contribution in [0.25, 0.3) is 0 Å². The fourth-order valence-corrected chi connectivity index (χ4v) is 2.95. The van der Waals surface area contributed by atoms with E-state index in [9.17, 15) is 9.90 Å². The molecule has 136 valence electrons. The first-order chi connectivity index (χ1) is 11.7. The molecular weight excluding hydrogens is 318 g/mol. The van der Waals surface area contributed by atoms with Crippen LogP contribution in [0.2, 0.25) is 0 Å². The lowest BCUT2D eigenvalue weighted by molar-refractivity contribution is -0.122. The van der Waals surface area contributed by atoms with Gasteiger partial charge in [-0.25, -0.2) is 0 Å². The van der Waals surface area contributed by atoms with Crippen LogP contribution in [-0.4, -0.2) is 24.7 Å². The number of benzene rings is 1. The third kappa shape index (κ3) is 4.86. The Morgan fingerprint density at radius 1 is 1.36 bits per heavy atom. The number of carbonyl (C=O) groups excluding carboxylic acids is 1. The number of aryl methyl sites for hydroxylation is 2. The molecule has 2 atom stereocenters. The standard InChI is InChI=1S/C20H27NO4/c1-13(16-7-6-8-17(11-16)24-5)9-19(22)21-12-20(4,23)18-10-14(2)25-15(18)3/h6-8,10-11,13,23H,9,12H2,1-5H3,(H,21,22). The molecule has 2 unspecified atom stereocenters. The first kappa shape index (κ1) is 19.1. The van der Waals surface area contributed by atoms with Crippen LogP contribution >= 0.6 is 0 Å². The first-order valence-electron chi connectivity index (χ1n) is 8.43. The van der Waals surface area contributed by atoms with E-state index >= 15 is 0 Å². The number of carbonyl (C=O) groups is 1. The molecular formula is C20H27NO4. The summed E-state index contributed by atoms with van der Waals surface area (Å²) in [7, 11) is 1.62. The van der Waals surface area contributed by atoms with E-state index in [4.69, 9.17) is 9.15 Å². The van der Waals surface area contributed by atoms with Gasteiger partial charge in [-0.2, -0.15) is 0 Å². The van der Waals surface area contributed by atoms with Gasteiger partial charge in [0, 0.05) is 12.0 Å². The Hall–Kier alpha value is -2.27. The molecule has 5 heteroatoms. The molecule has 5 nitrogen and oxygen atoms in total. The molecule has 2 rings (SSSR count). The third-order valence-corrected chi connectivity index (χ3v) is 4.41. The van der Waals surface area contributed by atoms with Crippen molar-refractivity contribution in [1.82, 2.24) is 5.32 Å². The molecule has 2 aromatic rings. The Kier molecular flexibility index (Phi) is 5.90. The number of nitrogens with one attached hydrogen (secondary N) is 1. The summed E-state index contributed by atoms with van der Waals surface area (Å²) in [6.45, 7) is 7.45. The summed E-state index contributed by atoms with van der Waals surface area (Å²) in [6, 6.07) is 9.51. The van der Waals surface area contributed by atoms with Crippen LogP contribution in [0.15, 0.2) is 34.7 Å². The summed E-state index contributed by atoms with van der Waals surface area (Å²) in [5.74, 6) is 2.14. The van der Waals surface area contributed by atoms with Crippen LogP contribution in [0, 0.1) is 13.8 Å². The van der Waals surface area contributed by atoms with Crippen molar-refractivity contribution in [2.24, 2.45) is 0 Å². The smallest absolute Gasteiger partial charge is 0.220 e. The van der Waals surface area contributed by atoms with Gasteiger partial charge in [0.1, 0.15) is 22.9 Å². The number of amides is 1. The van der Waals surface area contributed by atoms with Crippen LogP contribution < -0.4 is 10.1 Å². The lowest BCUT2D eigenvalue weighted by atomic mass is 9.95. The van der Waals surface area contributed by atoms with E-state index in [0.717, 1.165) is 17.1 Å². The Balaban J connectivity index is 1.94. The second-order valence-electron chi connectivity index (χ2n) is 6.76. The molecule has 0 aliphatic heterocycles. The fourth-order valence-electron chi connectivity index (χ4n) is 2.95. The first-order valence-corrected chi connectivity index (χ1v) is 8.43. The molecule has 1 aromatic heterocycles. The van der Waals surface area contributed by atoms with E-state index in [1.165, 1.54) is 0 Å². The van der Waals surface area contributed by atoms with Gasteiger partial charge in [-0.1, -0.05) is 19.1 Å². The van der Waals surface area contributed by atoms with Crippen molar-refractivity contribution in [2.75, 3.05) is 13.7 Å². The fraction of sp³-hybridized carbons (Fsp3) is 0.450. The molecule has 0 saturated carbocycles. The van der Waals surface area contributed by atoms with Crippen molar-refractivity contribution in [3.8, 4) is 5.75 Å². The monoisotopic (exact) mass is 345 g/mol. The number of hydrogen-bond acceptors (Lipinski definition) is 4. The number of furan rings is 1. The van der Waals surface area contributed by atoms with E-state index in [0.29, 0.717) is 17.7 Å². The molecule has 2 N–H and O–H groups in total. The summed E-state index contributed by atoms with van der Waals surface area (Å²) in [6.07, 6.45) is 0.340. The molecule has 0 aliphatic carbocycles. The molecule has 0 aliphatic rings. The van der Waals surface area contributed by atoms with Crippen molar-refractivity contribution in [2.45, 2.75) is 45.6 Å². The zero-order valence-corrected chi connectivity index (χ0v) is 15.6. The molecule has 25 heavy (non-hydrogen) atoms. The Morgan fingerprint density at radius 2 is 2.08 bits per heavy atom. The third-order valence-electron chi connectivity index (χ3n) is 4.41. The molecule has 1 heterocycles. The lowest BCUT2D eigenvalue weighted by Crippen LogP contribution is -2.39. The highest BCUT2D eigenvalue weighted by atomic mass is 16.5. The second kappa shape index (κ2) is 7.74. The van der Waals surface area contributed by atoms with Gasteiger partial charge in [0.2, 0.25) is 5.91 Å². The van der Waals surface area contributed by atoms with Gasteiger partial charge in [-0.3, -0.25) is 4.79 Å². The Morgan fingerprint density at radius 3 is 2.68 bits per heavy atom. The molecule has 0 saturated heterocycles. The summed E-state index contributed by atoms with van der Waals surface area (Å²) >= 11 is 0. The highest BCUT2D eigenvalue weighted by Crippen LogP contribution is 2.27. The molecule has 1 aromatic carbocycles. The topological polar surface area (TPSA) is 71.7 Å². The normalized spacial score (nSPS) is 14.6. The van der Waals surface area contributed by atoms with E-state index in [-0.39, 0.29) is 18.4 Å². The summed E-state index contributed by atoms with van der Waals surface area (Å²) in [5, 5.41) is 13.5. The predicted molar refractivity (Wildman–Crippen MR) is 96.8 cm³/mol. The van der Waals surface area contributed by atoms with Gasteiger partial charge in [-0.05, 0) is 50.5 Å². The molecule has 0 spiro atoms. The minimum atomic E-state index is -1.17. The minimum absolute atomic E-state index is 0.0537. The van der Waals surface area contributed by atoms with Crippen molar-refractivity contribution in [3.05, 3.63) is 53.0 Å². The second-order valence-corrected chi connectivity index (χ2v) is 6.76. The number of hydrogen-bond donors (Lipinski definition) is 2.